The van der Waals surface area contributed by atoms with E-state index in [0.717, 1.165) is 11.4 Å². The van der Waals surface area contributed by atoms with Gasteiger partial charge in [0.1, 0.15) is 5.01 Å². The molecule has 1 fully saturated rings. The van der Waals surface area contributed by atoms with Crippen molar-refractivity contribution in [2.24, 2.45) is 0 Å². The van der Waals surface area contributed by atoms with E-state index < -0.39 is 0 Å². The van der Waals surface area contributed by atoms with Crippen LogP contribution in [0.15, 0.2) is 60.7 Å². The zero-order valence-corrected chi connectivity index (χ0v) is 15.9. The number of likely N-dealkylation sites (tertiary alicyclic amines) is 1. The van der Waals surface area contributed by atoms with Gasteiger partial charge in [-0.3, -0.25) is 4.79 Å². The number of nitrogens with zero attached hydrogens (tertiary/aromatic N) is 3. The van der Waals surface area contributed by atoms with Gasteiger partial charge in [-0.15, -0.1) is 10.2 Å². The lowest BCUT2D eigenvalue weighted by atomic mass is 9.69. The van der Waals surface area contributed by atoms with Crippen molar-refractivity contribution in [3.8, 4) is 0 Å². The number of benzene rings is 2. The molecule has 0 saturated carbocycles. The maximum absolute atomic E-state index is 12.6. The van der Waals surface area contributed by atoms with Gasteiger partial charge in [-0.1, -0.05) is 72.0 Å². The molecule has 0 spiro atoms. The number of nitrogen functional groups attached to an aromatic ring is 1. The quantitative estimate of drug-likeness (QED) is 0.740. The van der Waals surface area contributed by atoms with Gasteiger partial charge < -0.3 is 10.6 Å². The predicted octanol–water partition coefficient (Wildman–Crippen LogP) is 3.27. The molecule has 1 saturated heterocycles. The fourth-order valence-electron chi connectivity index (χ4n) is 3.93. The summed E-state index contributed by atoms with van der Waals surface area (Å²) in [4.78, 5) is 14.6. The van der Waals surface area contributed by atoms with E-state index in [1.807, 2.05) is 17.0 Å². The number of amides is 1. The molecule has 1 aliphatic heterocycles. The van der Waals surface area contributed by atoms with Crippen LogP contribution in [-0.2, 0) is 16.6 Å². The van der Waals surface area contributed by atoms with Crippen molar-refractivity contribution in [2.45, 2.75) is 24.7 Å². The molecule has 1 aromatic heterocycles. The standard InChI is InChI=1S/C21H22N4OS/c22-20-24-23-18(27-20)12-14-25-15-21(13-11-19(25)26,16-7-3-1-4-8-16)17-9-5-2-6-10-17/h1-10H,11-15H2,(H2,22,24). The van der Waals surface area contributed by atoms with Crippen LogP contribution in [0.1, 0.15) is 29.0 Å². The van der Waals surface area contributed by atoms with E-state index in [0.29, 0.717) is 31.1 Å². The zero-order valence-electron chi connectivity index (χ0n) is 15.0. The van der Waals surface area contributed by atoms with E-state index >= 15 is 0 Å². The summed E-state index contributed by atoms with van der Waals surface area (Å²) in [5.74, 6) is 0.204. The van der Waals surface area contributed by atoms with Crippen LogP contribution in [0.25, 0.3) is 0 Å². The molecule has 0 radical (unpaired) electrons. The van der Waals surface area contributed by atoms with Crippen LogP contribution in [0.4, 0.5) is 5.13 Å². The molecule has 138 valence electrons. The molecule has 1 amide bonds. The lowest BCUT2D eigenvalue weighted by molar-refractivity contribution is -0.134. The Hall–Kier alpha value is -2.73. The van der Waals surface area contributed by atoms with Gasteiger partial charge in [0, 0.05) is 31.3 Å². The Morgan fingerprint density at radius 3 is 2.19 bits per heavy atom. The fraction of sp³-hybridized carbons (Fsp3) is 0.286. The molecule has 0 atom stereocenters. The normalized spacial score (nSPS) is 16.4. The average Bonchev–Trinajstić information content (AvgIpc) is 3.14. The van der Waals surface area contributed by atoms with Crippen LogP contribution in [0.5, 0.6) is 0 Å². The molecule has 5 nitrogen and oxygen atoms in total. The van der Waals surface area contributed by atoms with Crippen molar-refractivity contribution in [1.29, 1.82) is 0 Å². The minimum Gasteiger partial charge on any atom is -0.374 e. The molecule has 2 N–H and O–H groups in total. The molecule has 27 heavy (non-hydrogen) atoms. The summed E-state index contributed by atoms with van der Waals surface area (Å²) in [5.41, 5.74) is 8.01. The number of carbonyl (C=O) groups is 1. The number of aromatic nitrogens is 2. The average molecular weight is 379 g/mol. The van der Waals surface area contributed by atoms with E-state index in [1.54, 1.807) is 0 Å². The van der Waals surface area contributed by atoms with E-state index in [2.05, 4.69) is 58.7 Å². The van der Waals surface area contributed by atoms with Crippen molar-refractivity contribution in [3.05, 3.63) is 76.8 Å². The Balaban J connectivity index is 1.64. The SMILES string of the molecule is Nc1nnc(CCN2CC(c3ccccc3)(c3ccccc3)CCC2=O)s1. The van der Waals surface area contributed by atoms with Crippen molar-refractivity contribution >= 4 is 22.4 Å². The van der Waals surface area contributed by atoms with Gasteiger partial charge in [0.25, 0.3) is 0 Å². The molecule has 3 aromatic rings. The van der Waals surface area contributed by atoms with Crippen molar-refractivity contribution in [2.75, 3.05) is 18.8 Å². The summed E-state index contributed by atoms with van der Waals surface area (Å²) in [7, 11) is 0. The third-order valence-electron chi connectivity index (χ3n) is 5.31. The molecule has 2 aromatic carbocycles. The van der Waals surface area contributed by atoms with Crippen LogP contribution in [0, 0.1) is 0 Å². The third-order valence-corrected chi connectivity index (χ3v) is 6.12. The van der Waals surface area contributed by atoms with Crippen molar-refractivity contribution in [1.82, 2.24) is 15.1 Å². The van der Waals surface area contributed by atoms with Gasteiger partial charge in [0.15, 0.2) is 0 Å². The second-order valence-electron chi connectivity index (χ2n) is 6.91. The second-order valence-corrected chi connectivity index (χ2v) is 8.01. The van der Waals surface area contributed by atoms with Crippen LogP contribution >= 0.6 is 11.3 Å². The monoisotopic (exact) mass is 378 g/mol. The van der Waals surface area contributed by atoms with E-state index in [-0.39, 0.29) is 11.3 Å². The summed E-state index contributed by atoms with van der Waals surface area (Å²) >= 11 is 1.39. The van der Waals surface area contributed by atoms with Crippen LogP contribution in [0.2, 0.25) is 0 Å². The first-order chi connectivity index (χ1) is 13.2. The molecule has 0 bridgehead atoms. The van der Waals surface area contributed by atoms with Gasteiger partial charge in [-0.05, 0) is 17.5 Å². The van der Waals surface area contributed by atoms with Crippen LogP contribution in [-0.4, -0.2) is 34.1 Å². The highest BCUT2D eigenvalue weighted by Gasteiger charge is 2.41. The fourth-order valence-corrected chi connectivity index (χ4v) is 4.52. The summed E-state index contributed by atoms with van der Waals surface area (Å²) in [6, 6.07) is 21.1. The minimum absolute atomic E-state index is 0.184. The van der Waals surface area contributed by atoms with Gasteiger partial charge in [0.2, 0.25) is 11.0 Å². The molecular weight excluding hydrogens is 356 g/mol. The lowest BCUT2D eigenvalue weighted by Gasteiger charge is -2.43. The van der Waals surface area contributed by atoms with Crippen LogP contribution in [0.3, 0.4) is 0 Å². The molecular formula is C21H22N4OS. The number of piperidine rings is 1. The van der Waals surface area contributed by atoms with E-state index in [4.69, 9.17) is 5.73 Å². The smallest absolute Gasteiger partial charge is 0.222 e. The van der Waals surface area contributed by atoms with Gasteiger partial charge in [0.05, 0.1) is 0 Å². The Morgan fingerprint density at radius 1 is 1.00 bits per heavy atom. The summed E-state index contributed by atoms with van der Waals surface area (Å²) < 4.78 is 0. The number of rotatable bonds is 5. The highest BCUT2D eigenvalue weighted by molar-refractivity contribution is 7.15. The summed E-state index contributed by atoms with van der Waals surface area (Å²) in [5, 5.41) is 9.29. The van der Waals surface area contributed by atoms with E-state index in [1.165, 1.54) is 22.5 Å². The second kappa shape index (κ2) is 7.48. The summed E-state index contributed by atoms with van der Waals surface area (Å²) in [6.45, 7) is 1.31. The number of hydrogen-bond acceptors (Lipinski definition) is 5. The molecule has 2 heterocycles. The van der Waals surface area contributed by atoms with Gasteiger partial charge in [-0.2, -0.15) is 0 Å². The molecule has 0 aliphatic carbocycles. The number of carbonyl (C=O) groups excluding carboxylic acids is 1. The number of hydrogen-bond donors (Lipinski definition) is 1. The first-order valence-corrected chi connectivity index (χ1v) is 9.96. The van der Waals surface area contributed by atoms with Crippen LogP contribution < -0.4 is 5.73 Å². The Bertz CT molecular complexity index is 871. The van der Waals surface area contributed by atoms with E-state index in [9.17, 15) is 4.79 Å². The van der Waals surface area contributed by atoms with Gasteiger partial charge in [-0.25, -0.2) is 0 Å². The number of nitrogens with two attached hydrogens (primary N) is 1. The lowest BCUT2D eigenvalue weighted by Crippen LogP contribution is -2.50. The summed E-state index contributed by atoms with van der Waals surface area (Å²) in [6.07, 6.45) is 2.05. The molecule has 6 heteroatoms. The maximum atomic E-state index is 12.6. The highest BCUT2D eigenvalue weighted by Crippen LogP contribution is 2.40. The first kappa shape index (κ1) is 17.7. The molecule has 0 unspecified atom stereocenters. The molecule has 4 rings (SSSR count). The predicted molar refractivity (Wildman–Crippen MR) is 108 cm³/mol. The Morgan fingerprint density at radius 2 is 1.63 bits per heavy atom. The van der Waals surface area contributed by atoms with Crippen molar-refractivity contribution in [3.63, 3.8) is 0 Å². The minimum atomic E-state index is -0.184. The first-order valence-electron chi connectivity index (χ1n) is 9.14. The molecule has 1 aliphatic rings. The largest absolute Gasteiger partial charge is 0.374 e. The third kappa shape index (κ3) is 3.57. The highest BCUT2D eigenvalue weighted by atomic mass is 32.1. The maximum Gasteiger partial charge on any atom is 0.222 e. The number of anilines is 1. The Labute approximate surface area is 162 Å². The zero-order chi connectivity index (χ0) is 18.7. The topological polar surface area (TPSA) is 72.1 Å². The van der Waals surface area contributed by atoms with Gasteiger partial charge >= 0.3 is 0 Å². The Kier molecular flexibility index (Phi) is 4.90. The van der Waals surface area contributed by atoms with Crippen molar-refractivity contribution < 1.29 is 4.79 Å².